The maximum atomic E-state index is 12.5. The van der Waals surface area contributed by atoms with Crippen molar-refractivity contribution in [3.8, 4) is 11.8 Å². The summed E-state index contributed by atoms with van der Waals surface area (Å²) in [7, 11) is 0. The second-order valence-electron chi connectivity index (χ2n) is 6.90. The molecule has 1 aliphatic carbocycles. The van der Waals surface area contributed by atoms with Crippen LogP contribution in [0.4, 0.5) is 5.69 Å². The van der Waals surface area contributed by atoms with E-state index in [2.05, 4.69) is 44.9 Å². The quantitative estimate of drug-likeness (QED) is 0.820. The summed E-state index contributed by atoms with van der Waals surface area (Å²) in [5.41, 5.74) is 8.22. The van der Waals surface area contributed by atoms with Crippen molar-refractivity contribution in [3.63, 3.8) is 0 Å². The number of benzene rings is 1. The van der Waals surface area contributed by atoms with Crippen molar-refractivity contribution >= 4 is 11.6 Å². The molecule has 21 heavy (non-hydrogen) atoms. The lowest BCUT2D eigenvalue weighted by Gasteiger charge is -2.10. The second-order valence-corrected chi connectivity index (χ2v) is 6.90. The molecule has 112 valence electrons. The molecule has 1 aromatic carbocycles. The molecule has 1 amide bonds. The highest BCUT2D eigenvalue weighted by Gasteiger charge is 2.68. The van der Waals surface area contributed by atoms with Gasteiger partial charge in [-0.15, -0.1) is 0 Å². The highest BCUT2D eigenvalue weighted by Crippen LogP contribution is 2.68. The SMILES string of the molecule is Cc1ccc(C#CCN)cc1NC(=O)C1C(C)(C)C1(C)C. The maximum Gasteiger partial charge on any atom is 0.228 e. The lowest BCUT2D eigenvalue weighted by atomic mass is 10.0. The first-order chi connectivity index (χ1) is 9.71. The van der Waals surface area contributed by atoms with Gasteiger partial charge in [0.05, 0.1) is 6.54 Å². The number of nitrogens with one attached hydrogen (secondary N) is 1. The molecule has 3 nitrogen and oxygen atoms in total. The smallest absolute Gasteiger partial charge is 0.228 e. The number of rotatable bonds is 2. The fourth-order valence-corrected chi connectivity index (χ4v) is 3.04. The molecular weight excluding hydrogens is 260 g/mol. The third-order valence-electron chi connectivity index (χ3n) is 5.11. The summed E-state index contributed by atoms with van der Waals surface area (Å²) >= 11 is 0. The molecule has 3 heteroatoms. The van der Waals surface area contributed by atoms with Crippen LogP contribution in [0.2, 0.25) is 0 Å². The Morgan fingerprint density at radius 2 is 1.90 bits per heavy atom. The number of aryl methyl sites for hydroxylation is 1. The van der Waals surface area contributed by atoms with Crippen LogP contribution in [-0.2, 0) is 4.79 Å². The third-order valence-corrected chi connectivity index (χ3v) is 5.11. The summed E-state index contributed by atoms with van der Waals surface area (Å²) in [6.45, 7) is 10.9. The predicted octanol–water partition coefficient (Wildman–Crippen LogP) is 2.93. The van der Waals surface area contributed by atoms with Gasteiger partial charge >= 0.3 is 0 Å². The van der Waals surface area contributed by atoms with E-state index in [0.29, 0.717) is 6.54 Å². The Labute approximate surface area is 127 Å². The topological polar surface area (TPSA) is 55.1 Å². The molecule has 0 aromatic heterocycles. The van der Waals surface area contributed by atoms with Crippen molar-refractivity contribution in [2.75, 3.05) is 11.9 Å². The summed E-state index contributed by atoms with van der Waals surface area (Å²) in [5.74, 6) is 5.97. The van der Waals surface area contributed by atoms with Gasteiger partial charge in [0.2, 0.25) is 5.91 Å². The zero-order valence-corrected chi connectivity index (χ0v) is 13.5. The summed E-state index contributed by atoms with van der Waals surface area (Å²) in [6, 6.07) is 5.83. The van der Waals surface area contributed by atoms with Crippen molar-refractivity contribution < 1.29 is 4.79 Å². The van der Waals surface area contributed by atoms with Gasteiger partial charge in [0, 0.05) is 17.2 Å². The minimum absolute atomic E-state index is 0.0436. The van der Waals surface area contributed by atoms with Gasteiger partial charge in [-0.05, 0) is 35.4 Å². The highest BCUT2D eigenvalue weighted by atomic mass is 16.2. The molecule has 3 N–H and O–H groups in total. The number of hydrogen-bond donors (Lipinski definition) is 2. The van der Waals surface area contributed by atoms with Gasteiger partial charge in [0.15, 0.2) is 0 Å². The number of anilines is 1. The van der Waals surface area contributed by atoms with Gasteiger partial charge in [-0.1, -0.05) is 45.6 Å². The Hall–Kier alpha value is -1.79. The van der Waals surface area contributed by atoms with E-state index in [1.165, 1.54) is 0 Å². The van der Waals surface area contributed by atoms with E-state index in [-0.39, 0.29) is 22.7 Å². The van der Waals surface area contributed by atoms with E-state index in [9.17, 15) is 4.79 Å². The largest absolute Gasteiger partial charge is 0.326 e. The predicted molar refractivity (Wildman–Crippen MR) is 86.8 cm³/mol. The van der Waals surface area contributed by atoms with Crippen LogP contribution in [0.1, 0.15) is 38.8 Å². The Morgan fingerprint density at radius 3 is 2.43 bits per heavy atom. The monoisotopic (exact) mass is 284 g/mol. The van der Waals surface area contributed by atoms with Crippen LogP contribution in [0.5, 0.6) is 0 Å². The van der Waals surface area contributed by atoms with Crippen molar-refractivity contribution in [1.82, 2.24) is 0 Å². The number of nitrogens with two attached hydrogens (primary N) is 1. The molecule has 0 bridgehead atoms. The Morgan fingerprint density at radius 1 is 1.29 bits per heavy atom. The fourth-order valence-electron chi connectivity index (χ4n) is 3.04. The summed E-state index contributed by atoms with van der Waals surface area (Å²) in [4.78, 5) is 12.5. The van der Waals surface area contributed by atoms with Crippen LogP contribution in [0.15, 0.2) is 18.2 Å². The van der Waals surface area contributed by atoms with Gasteiger partial charge in [-0.2, -0.15) is 0 Å². The number of carbonyl (C=O) groups excluding carboxylic acids is 1. The summed E-state index contributed by atoms with van der Waals surface area (Å²) in [6.07, 6.45) is 0. The van der Waals surface area contributed by atoms with Crippen molar-refractivity contribution in [2.24, 2.45) is 22.5 Å². The molecule has 0 radical (unpaired) electrons. The van der Waals surface area contributed by atoms with Crippen LogP contribution in [0.25, 0.3) is 0 Å². The van der Waals surface area contributed by atoms with Gasteiger partial charge in [-0.25, -0.2) is 0 Å². The molecule has 2 rings (SSSR count). The summed E-state index contributed by atoms with van der Waals surface area (Å²) in [5, 5.41) is 3.06. The molecule has 0 aliphatic heterocycles. The van der Waals surface area contributed by atoms with Crippen LogP contribution in [0.3, 0.4) is 0 Å². The van der Waals surface area contributed by atoms with E-state index in [1.807, 2.05) is 25.1 Å². The van der Waals surface area contributed by atoms with Crippen LogP contribution >= 0.6 is 0 Å². The highest BCUT2D eigenvalue weighted by molar-refractivity contribution is 5.96. The van der Waals surface area contributed by atoms with E-state index in [0.717, 1.165) is 16.8 Å². The molecule has 0 atom stereocenters. The van der Waals surface area contributed by atoms with Crippen LogP contribution in [0, 0.1) is 35.5 Å². The molecule has 1 aliphatic rings. The van der Waals surface area contributed by atoms with Crippen molar-refractivity contribution in [1.29, 1.82) is 0 Å². The molecule has 1 saturated carbocycles. The Bertz CT molecular complexity index is 618. The van der Waals surface area contributed by atoms with Gasteiger partial charge in [0.25, 0.3) is 0 Å². The average Bonchev–Trinajstić information content (AvgIpc) is 2.80. The zero-order valence-electron chi connectivity index (χ0n) is 13.5. The lowest BCUT2D eigenvalue weighted by molar-refractivity contribution is -0.118. The van der Waals surface area contributed by atoms with Gasteiger partial charge < -0.3 is 11.1 Å². The number of carbonyl (C=O) groups is 1. The minimum atomic E-state index is 0.0436. The van der Waals surface area contributed by atoms with E-state index in [4.69, 9.17) is 5.73 Å². The Balaban J connectivity index is 2.19. The Kier molecular flexibility index (Phi) is 3.86. The molecule has 0 saturated heterocycles. The van der Waals surface area contributed by atoms with E-state index >= 15 is 0 Å². The number of hydrogen-bond acceptors (Lipinski definition) is 2. The molecule has 0 spiro atoms. The molecule has 1 aromatic rings. The third kappa shape index (κ3) is 2.69. The standard InChI is InChI=1S/C18H24N2O/c1-12-8-9-13(7-6-10-19)11-14(12)20-16(21)15-17(2,3)18(15,4)5/h8-9,11,15H,10,19H2,1-5H3,(H,20,21). The molecule has 0 heterocycles. The minimum Gasteiger partial charge on any atom is -0.326 e. The fraction of sp³-hybridized carbons (Fsp3) is 0.500. The average molecular weight is 284 g/mol. The van der Waals surface area contributed by atoms with Crippen LogP contribution in [-0.4, -0.2) is 12.5 Å². The first-order valence-corrected chi connectivity index (χ1v) is 7.32. The normalized spacial score (nSPS) is 18.6. The molecule has 1 fully saturated rings. The van der Waals surface area contributed by atoms with Gasteiger partial charge in [-0.3, -0.25) is 4.79 Å². The van der Waals surface area contributed by atoms with Crippen LogP contribution < -0.4 is 11.1 Å². The van der Waals surface area contributed by atoms with E-state index < -0.39 is 0 Å². The zero-order chi connectivity index (χ0) is 15.8. The maximum absolute atomic E-state index is 12.5. The second kappa shape index (κ2) is 5.20. The molecule has 0 unspecified atom stereocenters. The number of amides is 1. The lowest BCUT2D eigenvalue weighted by Crippen LogP contribution is -2.18. The summed E-state index contributed by atoms with van der Waals surface area (Å²) < 4.78 is 0. The molecular formula is C18H24N2O. The van der Waals surface area contributed by atoms with Crippen molar-refractivity contribution in [2.45, 2.75) is 34.6 Å². The van der Waals surface area contributed by atoms with E-state index in [1.54, 1.807) is 0 Å². The first kappa shape index (κ1) is 15.6. The first-order valence-electron chi connectivity index (χ1n) is 7.32. The van der Waals surface area contributed by atoms with Crippen molar-refractivity contribution in [3.05, 3.63) is 29.3 Å². The van der Waals surface area contributed by atoms with Gasteiger partial charge in [0.1, 0.15) is 0 Å².